The van der Waals surface area contributed by atoms with Crippen LogP contribution in [0.25, 0.3) is 0 Å². The zero-order valence-corrected chi connectivity index (χ0v) is 8.04. The lowest BCUT2D eigenvalue weighted by atomic mass is 10.9. The van der Waals surface area contributed by atoms with E-state index in [0.29, 0.717) is 0 Å². The van der Waals surface area contributed by atoms with Crippen LogP contribution in [0.3, 0.4) is 0 Å². The maximum absolute atomic E-state index is 10.3. The summed E-state index contributed by atoms with van der Waals surface area (Å²) in [6.07, 6.45) is 0. The smallest absolute Gasteiger partial charge is 0.462 e. The van der Waals surface area contributed by atoms with Gasteiger partial charge in [0, 0.05) is 13.8 Å². The predicted octanol–water partition coefficient (Wildman–Crippen LogP) is -0.802. The first-order chi connectivity index (χ1) is 5.06. The Hall–Kier alpha value is -0.666. The van der Waals surface area contributed by atoms with E-state index in [-0.39, 0.29) is 0 Å². The van der Waals surface area contributed by atoms with Crippen LogP contribution in [0.4, 0.5) is 0 Å². The van der Waals surface area contributed by atoms with Crippen LogP contribution in [0.1, 0.15) is 13.8 Å². The molecule has 7 heteroatoms. The molecule has 0 unspecified atom stereocenters. The lowest BCUT2D eigenvalue weighted by Gasteiger charge is -2.07. The largest absolute Gasteiger partial charge is 0.728 e. The highest BCUT2D eigenvalue weighted by molar-refractivity contribution is 6.46. The molecule has 0 aromatic carbocycles. The van der Waals surface area contributed by atoms with E-state index in [4.69, 9.17) is 0 Å². The Bertz CT molecular complexity index is 143. The van der Waals surface area contributed by atoms with Crippen LogP contribution in [0.15, 0.2) is 0 Å². The van der Waals surface area contributed by atoms with E-state index in [1.165, 1.54) is 13.8 Å². The summed E-state index contributed by atoms with van der Waals surface area (Å²) in [5.74, 6) is -1.11. The minimum atomic E-state index is -2.27. The van der Waals surface area contributed by atoms with Gasteiger partial charge in [-0.05, 0) is 0 Å². The van der Waals surface area contributed by atoms with Gasteiger partial charge in [-0.3, -0.25) is 9.59 Å². The lowest BCUT2D eigenvalue weighted by Crippen LogP contribution is -2.30. The first-order valence-electron chi connectivity index (χ1n) is 2.63. The van der Waals surface area contributed by atoms with Gasteiger partial charge in [-0.1, -0.05) is 0 Å². The van der Waals surface area contributed by atoms with Crippen LogP contribution in [-0.4, -0.2) is 32.0 Å². The minimum Gasteiger partial charge on any atom is -0.462 e. The molecule has 0 spiro atoms. The Morgan fingerprint density at radius 1 is 1.18 bits per heavy atom. The monoisotopic (exact) mass is 190 g/mol. The standard InChI is InChI=1S/C4H6O5Si2/c1-3(5)7-11(9-10)8-4(2)6/h1-2H3. The molecular formula is C4H6O5Si2. The molecule has 0 bridgehead atoms. The van der Waals surface area contributed by atoms with Crippen molar-refractivity contribution in [1.29, 1.82) is 0 Å². The third kappa shape index (κ3) is 5.76. The molecule has 11 heavy (non-hydrogen) atoms. The summed E-state index contributed by atoms with van der Waals surface area (Å²) in [4.78, 5) is 20.6. The molecular weight excluding hydrogens is 184 g/mol. The molecule has 5 nitrogen and oxygen atoms in total. The summed E-state index contributed by atoms with van der Waals surface area (Å²) in [6.45, 7) is 2.39. The van der Waals surface area contributed by atoms with Crippen LogP contribution in [-0.2, 0) is 22.6 Å². The van der Waals surface area contributed by atoms with Crippen molar-refractivity contribution in [2.24, 2.45) is 0 Å². The van der Waals surface area contributed by atoms with E-state index < -0.39 is 21.5 Å². The van der Waals surface area contributed by atoms with Crippen LogP contribution in [0, 0.1) is 0 Å². The second-order valence-electron chi connectivity index (χ2n) is 1.54. The molecule has 0 fully saturated rings. The Morgan fingerprint density at radius 2 is 1.55 bits per heavy atom. The van der Waals surface area contributed by atoms with Crippen molar-refractivity contribution in [2.45, 2.75) is 13.8 Å². The molecule has 0 aliphatic heterocycles. The maximum Gasteiger partial charge on any atom is 0.728 e. The summed E-state index contributed by atoms with van der Waals surface area (Å²) >= 11 is 0. The van der Waals surface area contributed by atoms with E-state index >= 15 is 0 Å². The SMILES string of the molecule is CC(=O)O[Si](O[Si])OC(C)=O. The highest BCUT2D eigenvalue weighted by Gasteiger charge is 2.24. The molecule has 0 heterocycles. The van der Waals surface area contributed by atoms with Gasteiger partial charge in [-0.25, -0.2) is 0 Å². The zero-order chi connectivity index (χ0) is 8.85. The normalized spacial score (nSPS) is 9.45. The first kappa shape index (κ1) is 10.3. The van der Waals surface area contributed by atoms with Gasteiger partial charge < -0.3 is 13.0 Å². The fourth-order valence-electron chi connectivity index (χ4n) is 0.297. The van der Waals surface area contributed by atoms with E-state index in [9.17, 15) is 9.59 Å². The molecule has 0 amide bonds. The van der Waals surface area contributed by atoms with E-state index in [0.717, 1.165) is 0 Å². The molecule has 0 aromatic rings. The van der Waals surface area contributed by atoms with Crippen molar-refractivity contribution < 1.29 is 22.6 Å². The molecule has 0 rings (SSSR count). The first-order valence-corrected chi connectivity index (χ1v) is 4.27. The van der Waals surface area contributed by atoms with Gasteiger partial charge in [-0.2, -0.15) is 0 Å². The topological polar surface area (TPSA) is 61.8 Å². The molecule has 0 aromatic heterocycles. The van der Waals surface area contributed by atoms with Gasteiger partial charge >= 0.3 is 9.53 Å². The predicted molar refractivity (Wildman–Crippen MR) is 36.1 cm³/mol. The number of rotatable bonds is 3. The van der Waals surface area contributed by atoms with E-state index in [1.807, 2.05) is 0 Å². The van der Waals surface area contributed by atoms with Crippen molar-refractivity contribution in [3.63, 3.8) is 0 Å². The van der Waals surface area contributed by atoms with Gasteiger partial charge in [-0.15, -0.1) is 0 Å². The summed E-state index contributed by atoms with van der Waals surface area (Å²) < 4.78 is 13.3. The van der Waals surface area contributed by atoms with Gasteiger partial charge in [0.15, 0.2) is 0 Å². The lowest BCUT2D eigenvalue weighted by molar-refractivity contribution is -0.139. The molecule has 0 atom stereocenters. The molecule has 60 valence electrons. The molecule has 0 saturated carbocycles. The summed E-state index contributed by atoms with van der Waals surface area (Å²) in [5.41, 5.74) is 0. The minimum absolute atomic E-state index is 0.557. The maximum atomic E-state index is 10.3. The number of hydrogen-bond acceptors (Lipinski definition) is 5. The number of carbonyl (C=O) groups excluding carboxylic acids is 2. The van der Waals surface area contributed by atoms with Crippen LogP contribution >= 0.6 is 0 Å². The number of hydrogen-bond donors (Lipinski definition) is 0. The Morgan fingerprint density at radius 3 is 1.73 bits per heavy atom. The highest BCUT2D eigenvalue weighted by atomic mass is 28.4. The Kier molecular flexibility index (Phi) is 4.74. The molecule has 0 aliphatic carbocycles. The fraction of sp³-hybridized carbons (Fsp3) is 0.500. The third-order valence-electron chi connectivity index (χ3n) is 0.537. The summed E-state index contributed by atoms with van der Waals surface area (Å²) in [5, 5.41) is 0. The van der Waals surface area contributed by atoms with Gasteiger partial charge in [0.25, 0.3) is 11.9 Å². The molecule has 0 saturated heterocycles. The van der Waals surface area contributed by atoms with Gasteiger partial charge in [0.1, 0.15) is 0 Å². The third-order valence-corrected chi connectivity index (χ3v) is 2.11. The van der Waals surface area contributed by atoms with Crippen LogP contribution in [0.2, 0.25) is 0 Å². The summed E-state index contributed by atoms with van der Waals surface area (Å²) in [6, 6.07) is 0. The molecule has 0 aliphatic rings. The van der Waals surface area contributed by atoms with Crippen molar-refractivity contribution in [2.75, 3.05) is 0 Å². The van der Waals surface area contributed by atoms with Crippen LogP contribution in [0.5, 0.6) is 0 Å². The molecule has 4 radical (unpaired) electrons. The number of carbonyl (C=O) groups is 2. The van der Waals surface area contributed by atoms with Crippen molar-refractivity contribution in [3.8, 4) is 0 Å². The molecule has 0 N–H and O–H groups in total. The van der Waals surface area contributed by atoms with E-state index in [1.54, 1.807) is 0 Å². The van der Waals surface area contributed by atoms with Gasteiger partial charge in [0.2, 0.25) is 10.5 Å². The van der Waals surface area contributed by atoms with Gasteiger partial charge in [0.05, 0.1) is 0 Å². The quantitative estimate of drug-likeness (QED) is 0.545. The highest BCUT2D eigenvalue weighted by Crippen LogP contribution is 1.90. The summed E-state index contributed by atoms with van der Waals surface area (Å²) in [7, 11) is 0.342. The average Bonchev–Trinajstić information content (AvgIpc) is 1.84. The Balaban J connectivity index is 3.76. The van der Waals surface area contributed by atoms with Crippen LogP contribution < -0.4 is 0 Å². The fourth-order valence-corrected chi connectivity index (χ4v) is 1.14. The Labute approximate surface area is 69.1 Å². The van der Waals surface area contributed by atoms with Crippen molar-refractivity contribution >= 4 is 32.0 Å². The van der Waals surface area contributed by atoms with Crippen molar-refractivity contribution in [1.82, 2.24) is 0 Å². The van der Waals surface area contributed by atoms with E-state index in [2.05, 4.69) is 23.5 Å². The average molecular weight is 190 g/mol. The second kappa shape index (κ2) is 5.05. The second-order valence-corrected chi connectivity index (χ2v) is 3.26. The zero-order valence-electron chi connectivity index (χ0n) is 6.04. The van der Waals surface area contributed by atoms with Crippen molar-refractivity contribution in [3.05, 3.63) is 0 Å².